The van der Waals surface area contributed by atoms with Gasteiger partial charge in [0.05, 0.1) is 29.8 Å². The van der Waals surface area contributed by atoms with Gasteiger partial charge in [-0.2, -0.15) is 0 Å². The van der Waals surface area contributed by atoms with E-state index in [0.29, 0.717) is 5.02 Å². The molecule has 1 aromatic rings. The SMILES string of the molecule is O=S(=O)(Br)c1ccc(Cl)c(Cl)c1. The molecule has 0 aliphatic rings. The maximum atomic E-state index is 10.9. The molecule has 6 heteroatoms. The van der Waals surface area contributed by atoms with E-state index in [1.54, 1.807) is 0 Å². The van der Waals surface area contributed by atoms with E-state index in [9.17, 15) is 8.42 Å². The van der Waals surface area contributed by atoms with E-state index in [1.165, 1.54) is 18.2 Å². The zero-order valence-corrected chi connectivity index (χ0v) is 9.51. The quantitative estimate of drug-likeness (QED) is 0.745. The van der Waals surface area contributed by atoms with Crippen LogP contribution in [0.2, 0.25) is 10.0 Å². The van der Waals surface area contributed by atoms with Crippen molar-refractivity contribution >= 4 is 46.3 Å². The van der Waals surface area contributed by atoms with Gasteiger partial charge >= 0.3 is 0 Å². The first-order valence-electron chi connectivity index (χ1n) is 2.81. The predicted molar refractivity (Wildman–Crippen MR) is 52.6 cm³/mol. The van der Waals surface area contributed by atoms with Gasteiger partial charge in [-0.05, 0) is 18.2 Å². The molecule has 0 unspecified atom stereocenters. The maximum absolute atomic E-state index is 10.9. The fraction of sp³-hybridized carbons (Fsp3) is 0. The highest BCUT2D eigenvalue weighted by Gasteiger charge is 2.10. The highest BCUT2D eigenvalue weighted by Crippen LogP contribution is 2.26. The van der Waals surface area contributed by atoms with Crippen molar-refractivity contribution in [2.24, 2.45) is 0 Å². The van der Waals surface area contributed by atoms with Gasteiger partial charge in [-0.3, -0.25) is 0 Å². The minimum absolute atomic E-state index is 0.0944. The predicted octanol–water partition coefficient (Wildman–Crippen LogP) is 3.08. The van der Waals surface area contributed by atoms with Gasteiger partial charge in [-0.15, -0.1) is 0 Å². The summed E-state index contributed by atoms with van der Waals surface area (Å²) in [4.78, 5) is 0.0944. The van der Waals surface area contributed by atoms with E-state index < -0.39 is 8.27 Å². The Hall–Kier alpha value is 0.230. The third-order valence-corrected chi connectivity index (χ3v) is 3.85. The molecule has 66 valence electrons. The van der Waals surface area contributed by atoms with Crippen LogP contribution in [-0.2, 0) is 8.27 Å². The lowest BCUT2D eigenvalue weighted by molar-refractivity contribution is 0.611. The summed E-state index contributed by atoms with van der Waals surface area (Å²) in [5.74, 6) is 0. The molecule has 0 amide bonds. The Morgan fingerprint density at radius 1 is 1.17 bits per heavy atom. The second kappa shape index (κ2) is 3.54. The van der Waals surface area contributed by atoms with Gasteiger partial charge in [0, 0.05) is 0 Å². The average molecular weight is 290 g/mol. The smallest absolute Gasteiger partial charge is 0.212 e. The zero-order chi connectivity index (χ0) is 9.35. The average Bonchev–Trinajstić information content (AvgIpc) is 1.92. The third kappa shape index (κ3) is 2.36. The summed E-state index contributed by atoms with van der Waals surface area (Å²) in [6.45, 7) is 0. The summed E-state index contributed by atoms with van der Waals surface area (Å²) in [6.07, 6.45) is 0. The van der Waals surface area contributed by atoms with Crippen molar-refractivity contribution in [3.05, 3.63) is 28.2 Å². The van der Waals surface area contributed by atoms with Crippen molar-refractivity contribution in [1.82, 2.24) is 0 Å². The highest BCUT2D eigenvalue weighted by atomic mass is 79.9. The summed E-state index contributed by atoms with van der Waals surface area (Å²) < 4.78 is 21.8. The van der Waals surface area contributed by atoms with Crippen LogP contribution in [0.25, 0.3) is 0 Å². The van der Waals surface area contributed by atoms with E-state index >= 15 is 0 Å². The third-order valence-electron chi connectivity index (χ3n) is 1.17. The highest BCUT2D eigenvalue weighted by molar-refractivity contribution is 9.47. The summed E-state index contributed by atoms with van der Waals surface area (Å²) in [5, 5.41) is 0.550. The van der Waals surface area contributed by atoms with E-state index in [0.717, 1.165) is 0 Å². The molecular formula is C6H3BrCl2O2S. The number of hydrogen-bond donors (Lipinski definition) is 0. The Labute approximate surface area is 87.6 Å². The molecule has 12 heavy (non-hydrogen) atoms. The first kappa shape index (κ1) is 10.3. The van der Waals surface area contributed by atoms with Gasteiger partial charge in [0.15, 0.2) is 0 Å². The van der Waals surface area contributed by atoms with Crippen LogP contribution in [0.3, 0.4) is 0 Å². The van der Waals surface area contributed by atoms with Gasteiger partial charge in [0.2, 0.25) is 8.27 Å². The molecule has 0 aliphatic heterocycles. The number of halogens is 3. The molecule has 0 saturated heterocycles. The fourth-order valence-electron chi connectivity index (χ4n) is 0.629. The van der Waals surface area contributed by atoms with Crippen molar-refractivity contribution < 1.29 is 8.42 Å². The van der Waals surface area contributed by atoms with Gasteiger partial charge in [0.1, 0.15) is 0 Å². The van der Waals surface area contributed by atoms with Gasteiger partial charge < -0.3 is 0 Å². The van der Waals surface area contributed by atoms with Gasteiger partial charge in [-0.1, -0.05) is 23.2 Å². The van der Waals surface area contributed by atoms with Crippen LogP contribution in [-0.4, -0.2) is 8.42 Å². The lowest BCUT2D eigenvalue weighted by Crippen LogP contribution is -1.88. The van der Waals surface area contributed by atoms with Crippen molar-refractivity contribution in [3.63, 3.8) is 0 Å². The number of hydrogen-bond acceptors (Lipinski definition) is 2. The molecule has 1 rings (SSSR count). The molecule has 0 aromatic heterocycles. The van der Waals surface area contributed by atoms with Crippen LogP contribution < -0.4 is 0 Å². The minimum Gasteiger partial charge on any atom is -0.212 e. The molecule has 0 saturated carbocycles. The number of benzene rings is 1. The second-order valence-corrected chi connectivity index (χ2v) is 6.73. The van der Waals surface area contributed by atoms with Crippen molar-refractivity contribution in [1.29, 1.82) is 0 Å². The largest absolute Gasteiger partial charge is 0.237 e. The Morgan fingerprint density at radius 3 is 2.17 bits per heavy atom. The normalized spacial score (nSPS) is 11.6. The lowest BCUT2D eigenvalue weighted by atomic mass is 10.4. The maximum Gasteiger partial charge on any atom is 0.237 e. The Kier molecular flexibility index (Phi) is 3.04. The molecule has 1 aromatic carbocycles. The fourth-order valence-corrected chi connectivity index (χ4v) is 2.08. The van der Waals surface area contributed by atoms with Crippen LogP contribution in [0, 0.1) is 0 Å². The first-order valence-corrected chi connectivity index (χ1v) is 6.89. The topological polar surface area (TPSA) is 34.1 Å². The molecule has 0 radical (unpaired) electrons. The van der Waals surface area contributed by atoms with Gasteiger partial charge in [0.25, 0.3) is 0 Å². The summed E-state index contributed by atoms with van der Waals surface area (Å²) in [5.41, 5.74) is 0. The molecule has 2 nitrogen and oxygen atoms in total. The van der Waals surface area contributed by atoms with Crippen molar-refractivity contribution in [3.8, 4) is 0 Å². The molecule has 0 atom stereocenters. The minimum atomic E-state index is -3.37. The molecule has 0 bridgehead atoms. The van der Waals surface area contributed by atoms with Crippen LogP contribution in [0.15, 0.2) is 23.1 Å². The molecule has 0 aliphatic carbocycles. The van der Waals surface area contributed by atoms with E-state index in [1.807, 2.05) is 0 Å². The summed E-state index contributed by atoms with van der Waals surface area (Å²) in [7, 11) is -3.37. The number of rotatable bonds is 1. The lowest BCUT2D eigenvalue weighted by Gasteiger charge is -1.98. The summed E-state index contributed by atoms with van der Waals surface area (Å²) >= 11 is 13.7. The molecule has 0 heterocycles. The van der Waals surface area contributed by atoms with E-state index in [4.69, 9.17) is 23.2 Å². The Morgan fingerprint density at radius 2 is 1.75 bits per heavy atom. The van der Waals surface area contributed by atoms with E-state index in [2.05, 4.69) is 14.8 Å². The van der Waals surface area contributed by atoms with E-state index in [-0.39, 0.29) is 9.92 Å². The standard InChI is InChI=1S/C6H3BrCl2O2S/c7-12(10,11)4-1-2-5(8)6(9)3-4/h1-3H. The molecular weight excluding hydrogens is 287 g/mol. The molecule has 0 N–H and O–H groups in total. The van der Waals surface area contributed by atoms with Crippen molar-refractivity contribution in [2.75, 3.05) is 0 Å². The van der Waals surface area contributed by atoms with Crippen molar-refractivity contribution in [2.45, 2.75) is 4.90 Å². The molecule has 0 fully saturated rings. The second-order valence-electron chi connectivity index (χ2n) is 2.01. The van der Waals surface area contributed by atoms with Crippen LogP contribution >= 0.6 is 38.0 Å². The van der Waals surface area contributed by atoms with Crippen LogP contribution in [0.5, 0.6) is 0 Å². The Balaban J connectivity index is 3.33. The van der Waals surface area contributed by atoms with Crippen LogP contribution in [0.4, 0.5) is 0 Å². The first-order chi connectivity index (χ1) is 5.41. The zero-order valence-electron chi connectivity index (χ0n) is 5.59. The molecule has 0 spiro atoms. The van der Waals surface area contributed by atoms with Crippen LogP contribution in [0.1, 0.15) is 0 Å². The summed E-state index contributed by atoms with van der Waals surface area (Å²) in [6, 6.07) is 4.09. The van der Waals surface area contributed by atoms with Gasteiger partial charge in [-0.25, -0.2) is 8.42 Å². The Bertz CT molecular complexity index is 402. The monoisotopic (exact) mass is 288 g/mol.